The molecule has 3 nitrogen and oxygen atoms in total. The van der Waals surface area contributed by atoms with Gasteiger partial charge in [-0.15, -0.1) is 0 Å². The smallest absolute Gasteiger partial charge is 0.120 e. The Balaban J connectivity index is 2.00. The third-order valence-corrected chi connectivity index (χ3v) is 2.28. The summed E-state index contributed by atoms with van der Waals surface area (Å²) in [6.45, 7) is 10.4. The number of nitrogens with one attached hydrogen (secondary N) is 2. The molecule has 1 rings (SSSR count). The molecule has 0 bridgehead atoms. The fourth-order valence-corrected chi connectivity index (χ4v) is 1.35. The molecule has 0 radical (unpaired) electrons. The van der Waals surface area contributed by atoms with E-state index in [1.54, 1.807) is 6.26 Å². The van der Waals surface area contributed by atoms with Crippen LogP contribution in [-0.4, -0.2) is 19.6 Å². The second-order valence-corrected chi connectivity index (χ2v) is 4.30. The van der Waals surface area contributed by atoms with Gasteiger partial charge in [0.25, 0.3) is 0 Å². The van der Waals surface area contributed by atoms with E-state index in [4.69, 9.17) is 4.42 Å². The van der Waals surface area contributed by atoms with Crippen LogP contribution in [0.15, 0.2) is 16.7 Å². The lowest BCUT2D eigenvalue weighted by molar-refractivity contribution is 0.472. The maximum atomic E-state index is 5.33. The summed E-state index contributed by atoms with van der Waals surface area (Å²) in [5, 5.41) is 6.73. The Labute approximate surface area is 92.2 Å². The average molecular weight is 210 g/mol. The Bertz CT molecular complexity index is 268. The van der Waals surface area contributed by atoms with Gasteiger partial charge in [-0.1, -0.05) is 13.8 Å². The van der Waals surface area contributed by atoms with Crippen LogP contribution >= 0.6 is 0 Å². The second kappa shape index (κ2) is 6.64. The van der Waals surface area contributed by atoms with Gasteiger partial charge in [0, 0.05) is 13.1 Å². The van der Waals surface area contributed by atoms with E-state index in [1.807, 2.05) is 6.07 Å². The molecule has 0 amide bonds. The minimum atomic E-state index is 0.720. The van der Waals surface area contributed by atoms with Gasteiger partial charge in [0.15, 0.2) is 0 Å². The molecule has 0 aromatic carbocycles. The lowest BCUT2D eigenvalue weighted by Gasteiger charge is -2.07. The largest absolute Gasteiger partial charge is 0.468 e. The zero-order valence-electron chi connectivity index (χ0n) is 9.97. The highest BCUT2D eigenvalue weighted by molar-refractivity contribution is 5.13. The highest BCUT2D eigenvalue weighted by Gasteiger charge is 1.99. The van der Waals surface area contributed by atoms with E-state index < -0.39 is 0 Å². The fourth-order valence-electron chi connectivity index (χ4n) is 1.35. The topological polar surface area (TPSA) is 37.2 Å². The summed E-state index contributed by atoms with van der Waals surface area (Å²) in [5.41, 5.74) is 1.22. The standard InChI is InChI=1S/C12H22N2O/c1-10(2)8-13-5-6-14-9-12-11(3)4-7-15-12/h4,7,10,13-14H,5-6,8-9H2,1-3H3. The van der Waals surface area contributed by atoms with Crippen molar-refractivity contribution in [3.8, 4) is 0 Å². The minimum absolute atomic E-state index is 0.720. The highest BCUT2D eigenvalue weighted by atomic mass is 16.3. The van der Waals surface area contributed by atoms with E-state index in [2.05, 4.69) is 31.4 Å². The Kier molecular flexibility index (Phi) is 5.43. The first-order valence-electron chi connectivity index (χ1n) is 5.64. The van der Waals surface area contributed by atoms with Crippen molar-refractivity contribution in [3.63, 3.8) is 0 Å². The normalized spacial score (nSPS) is 11.2. The zero-order chi connectivity index (χ0) is 11.1. The van der Waals surface area contributed by atoms with E-state index in [-0.39, 0.29) is 0 Å². The van der Waals surface area contributed by atoms with Crippen LogP contribution in [0.5, 0.6) is 0 Å². The van der Waals surface area contributed by atoms with Crippen LogP contribution in [0.3, 0.4) is 0 Å². The summed E-state index contributed by atoms with van der Waals surface area (Å²) in [7, 11) is 0. The van der Waals surface area contributed by atoms with Crippen molar-refractivity contribution in [3.05, 3.63) is 23.7 Å². The molecular weight excluding hydrogens is 188 g/mol. The van der Waals surface area contributed by atoms with Crippen molar-refractivity contribution in [2.24, 2.45) is 5.92 Å². The van der Waals surface area contributed by atoms with Gasteiger partial charge in [-0.25, -0.2) is 0 Å². The van der Waals surface area contributed by atoms with Crippen LogP contribution in [-0.2, 0) is 6.54 Å². The van der Waals surface area contributed by atoms with Gasteiger partial charge in [-0.3, -0.25) is 0 Å². The summed E-state index contributed by atoms with van der Waals surface area (Å²) in [6.07, 6.45) is 1.74. The van der Waals surface area contributed by atoms with Crippen LogP contribution < -0.4 is 10.6 Å². The van der Waals surface area contributed by atoms with Crippen LogP contribution in [0.2, 0.25) is 0 Å². The van der Waals surface area contributed by atoms with Crippen molar-refractivity contribution < 1.29 is 4.42 Å². The maximum absolute atomic E-state index is 5.33. The molecule has 0 saturated heterocycles. The molecule has 0 saturated carbocycles. The van der Waals surface area contributed by atoms with Gasteiger partial charge in [0.1, 0.15) is 5.76 Å². The molecule has 0 unspecified atom stereocenters. The van der Waals surface area contributed by atoms with Gasteiger partial charge in [-0.05, 0) is 31.0 Å². The van der Waals surface area contributed by atoms with Crippen molar-refractivity contribution in [1.82, 2.24) is 10.6 Å². The number of hydrogen-bond donors (Lipinski definition) is 2. The molecule has 0 aliphatic rings. The first kappa shape index (κ1) is 12.3. The number of furan rings is 1. The number of aryl methyl sites for hydroxylation is 1. The molecule has 0 fully saturated rings. The first-order valence-corrected chi connectivity index (χ1v) is 5.64. The van der Waals surface area contributed by atoms with E-state index >= 15 is 0 Å². The van der Waals surface area contributed by atoms with Gasteiger partial charge in [0.2, 0.25) is 0 Å². The summed E-state index contributed by atoms with van der Waals surface area (Å²) in [6, 6.07) is 1.99. The third-order valence-electron chi connectivity index (χ3n) is 2.28. The maximum Gasteiger partial charge on any atom is 0.120 e. The van der Waals surface area contributed by atoms with E-state index in [9.17, 15) is 0 Å². The van der Waals surface area contributed by atoms with Gasteiger partial charge in [0.05, 0.1) is 12.8 Å². The highest BCUT2D eigenvalue weighted by Crippen LogP contribution is 2.07. The van der Waals surface area contributed by atoms with Crippen molar-refractivity contribution in [2.45, 2.75) is 27.3 Å². The van der Waals surface area contributed by atoms with Crippen molar-refractivity contribution in [1.29, 1.82) is 0 Å². The quantitative estimate of drug-likeness (QED) is 0.675. The summed E-state index contributed by atoms with van der Waals surface area (Å²) < 4.78 is 5.33. The lowest BCUT2D eigenvalue weighted by Crippen LogP contribution is -2.29. The number of rotatable bonds is 7. The monoisotopic (exact) mass is 210 g/mol. The predicted molar refractivity (Wildman–Crippen MR) is 62.9 cm³/mol. The van der Waals surface area contributed by atoms with Crippen LogP contribution in [0.25, 0.3) is 0 Å². The molecule has 3 heteroatoms. The van der Waals surface area contributed by atoms with Crippen LogP contribution in [0.4, 0.5) is 0 Å². The Morgan fingerprint density at radius 1 is 1.27 bits per heavy atom. The zero-order valence-corrected chi connectivity index (χ0v) is 9.97. The molecule has 1 aromatic rings. The molecule has 0 aliphatic carbocycles. The van der Waals surface area contributed by atoms with Gasteiger partial charge >= 0.3 is 0 Å². The fraction of sp³-hybridized carbons (Fsp3) is 0.667. The molecule has 86 valence electrons. The summed E-state index contributed by atoms with van der Waals surface area (Å²) >= 11 is 0. The van der Waals surface area contributed by atoms with Gasteiger partial charge < -0.3 is 15.1 Å². The Hall–Kier alpha value is -0.800. The Morgan fingerprint density at radius 2 is 2.00 bits per heavy atom. The summed E-state index contributed by atoms with van der Waals surface area (Å²) in [4.78, 5) is 0. The lowest BCUT2D eigenvalue weighted by atomic mass is 10.2. The molecule has 0 aliphatic heterocycles. The molecule has 15 heavy (non-hydrogen) atoms. The number of hydrogen-bond acceptors (Lipinski definition) is 3. The third kappa shape index (κ3) is 5.00. The van der Waals surface area contributed by atoms with E-state index in [1.165, 1.54) is 5.56 Å². The van der Waals surface area contributed by atoms with E-state index in [0.717, 1.165) is 37.9 Å². The molecular formula is C12H22N2O. The molecule has 0 atom stereocenters. The van der Waals surface area contributed by atoms with Crippen LogP contribution in [0.1, 0.15) is 25.2 Å². The second-order valence-electron chi connectivity index (χ2n) is 4.30. The van der Waals surface area contributed by atoms with E-state index in [0.29, 0.717) is 0 Å². The van der Waals surface area contributed by atoms with Crippen molar-refractivity contribution in [2.75, 3.05) is 19.6 Å². The molecule has 1 aromatic heterocycles. The molecule has 2 N–H and O–H groups in total. The minimum Gasteiger partial charge on any atom is -0.468 e. The predicted octanol–water partition coefficient (Wildman–Crippen LogP) is 1.92. The van der Waals surface area contributed by atoms with Crippen LogP contribution in [0, 0.1) is 12.8 Å². The average Bonchev–Trinajstić information content (AvgIpc) is 2.57. The molecule has 0 spiro atoms. The SMILES string of the molecule is Cc1ccoc1CNCCNCC(C)C. The first-order chi connectivity index (χ1) is 7.20. The van der Waals surface area contributed by atoms with Crippen molar-refractivity contribution >= 4 is 0 Å². The van der Waals surface area contributed by atoms with Gasteiger partial charge in [-0.2, -0.15) is 0 Å². The molecule has 1 heterocycles. The summed E-state index contributed by atoms with van der Waals surface area (Å²) in [5.74, 6) is 1.76. The Morgan fingerprint density at radius 3 is 2.60 bits per heavy atom.